The van der Waals surface area contributed by atoms with Gasteiger partial charge in [-0.05, 0) is 55.0 Å². The lowest BCUT2D eigenvalue weighted by molar-refractivity contribution is -0.134. The van der Waals surface area contributed by atoms with Crippen LogP contribution in [-0.4, -0.2) is 47.9 Å². The Balaban J connectivity index is 1.33. The molecular formula is C23H28N2O3S. The fraction of sp³-hybridized carbons (Fsp3) is 0.478. The normalized spacial score (nSPS) is 17.2. The molecule has 2 aliphatic rings. The van der Waals surface area contributed by atoms with Crippen molar-refractivity contribution < 1.29 is 14.3 Å². The molecule has 6 heteroatoms. The average Bonchev–Trinajstić information content (AvgIpc) is 3.51. The lowest BCUT2D eigenvalue weighted by atomic mass is 10.1. The van der Waals surface area contributed by atoms with Gasteiger partial charge >= 0.3 is 0 Å². The summed E-state index contributed by atoms with van der Waals surface area (Å²) in [7, 11) is 1.83. The van der Waals surface area contributed by atoms with Gasteiger partial charge in [0.1, 0.15) is 11.9 Å². The number of carbonyl (C=O) groups is 2. The van der Waals surface area contributed by atoms with Crippen LogP contribution in [0.2, 0.25) is 0 Å². The fourth-order valence-corrected chi connectivity index (χ4v) is 4.71. The molecule has 0 spiro atoms. The number of ether oxygens (including phenoxy) is 1. The summed E-state index contributed by atoms with van der Waals surface area (Å²) in [5.41, 5.74) is 1.86. The molecule has 0 bridgehead atoms. The summed E-state index contributed by atoms with van der Waals surface area (Å²) in [6.07, 6.45) is 3.88. The smallest absolute Gasteiger partial charge is 0.254 e. The van der Waals surface area contributed by atoms with Crippen molar-refractivity contribution in [3.63, 3.8) is 0 Å². The zero-order valence-electron chi connectivity index (χ0n) is 17.1. The van der Waals surface area contributed by atoms with Gasteiger partial charge in [0, 0.05) is 49.3 Å². The van der Waals surface area contributed by atoms with Crippen LogP contribution < -0.4 is 4.74 Å². The molecule has 1 aliphatic carbocycles. The minimum absolute atomic E-state index is 0.00639. The van der Waals surface area contributed by atoms with Crippen molar-refractivity contribution in [1.82, 2.24) is 9.80 Å². The molecule has 1 aromatic heterocycles. The third-order valence-corrected chi connectivity index (χ3v) is 6.77. The summed E-state index contributed by atoms with van der Waals surface area (Å²) >= 11 is 1.68. The van der Waals surface area contributed by atoms with Crippen LogP contribution in [0.3, 0.4) is 0 Å². The Morgan fingerprint density at radius 3 is 2.59 bits per heavy atom. The van der Waals surface area contributed by atoms with Gasteiger partial charge in [0.05, 0.1) is 6.54 Å². The van der Waals surface area contributed by atoms with Crippen LogP contribution in [0, 0.1) is 12.8 Å². The van der Waals surface area contributed by atoms with Crippen molar-refractivity contribution in [2.45, 2.75) is 45.3 Å². The summed E-state index contributed by atoms with van der Waals surface area (Å²) < 4.78 is 6.15. The SMILES string of the molecule is Cc1ccsc1CN(C)C(=O)c1cccc(OC2CCN(C(=O)C3CC3)CC2)c1. The standard InChI is InChI=1S/C23H28N2O3S/c1-16-10-13-29-21(16)15-24(2)22(26)18-4-3-5-20(14-18)28-19-8-11-25(12-9-19)23(27)17-6-7-17/h3-5,10,13-14,17,19H,6-9,11-12,15H2,1-2H3. The molecule has 2 amide bonds. The number of carbonyl (C=O) groups excluding carboxylic acids is 2. The number of likely N-dealkylation sites (tertiary alicyclic amines) is 1. The van der Waals surface area contributed by atoms with Gasteiger partial charge in [-0.2, -0.15) is 0 Å². The number of rotatable bonds is 6. The largest absolute Gasteiger partial charge is 0.490 e. The first kappa shape index (κ1) is 20.0. The van der Waals surface area contributed by atoms with Gasteiger partial charge in [-0.25, -0.2) is 0 Å². The number of amides is 2. The zero-order valence-corrected chi connectivity index (χ0v) is 17.9. The molecule has 1 saturated heterocycles. The van der Waals surface area contributed by atoms with Crippen LogP contribution in [0.5, 0.6) is 5.75 Å². The molecule has 1 saturated carbocycles. The van der Waals surface area contributed by atoms with E-state index in [2.05, 4.69) is 18.4 Å². The predicted molar refractivity (Wildman–Crippen MR) is 114 cm³/mol. The molecule has 0 N–H and O–H groups in total. The Kier molecular flexibility index (Phi) is 5.90. The Labute approximate surface area is 176 Å². The average molecular weight is 413 g/mol. The molecule has 1 aliphatic heterocycles. The van der Waals surface area contributed by atoms with E-state index in [1.54, 1.807) is 16.2 Å². The van der Waals surface area contributed by atoms with Crippen LogP contribution in [0.1, 0.15) is 46.5 Å². The second kappa shape index (κ2) is 8.57. The summed E-state index contributed by atoms with van der Waals surface area (Å²) in [4.78, 5) is 30.0. The molecule has 29 heavy (non-hydrogen) atoms. The summed E-state index contributed by atoms with van der Waals surface area (Å²) in [5.74, 6) is 1.32. The number of hydrogen-bond donors (Lipinski definition) is 0. The van der Waals surface area contributed by atoms with Gasteiger partial charge in [0.15, 0.2) is 0 Å². The molecule has 2 aromatic rings. The molecule has 154 valence electrons. The van der Waals surface area contributed by atoms with Crippen LogP contribution in [-0.2, 0) is 11.3 Å². The van der Waals surface area contributed by atoms with E-state index in [4.69, 9.17) is 4.74 Å². The molecule has 0 atom stereocenters. The van der Waals surface area contributed by atoms with E-state index in [1.807, 2.05) is 36.2 Å². The maximum Gasteiger partial charge on any atom is 0.254 e. The second-order valence-electron chi connectivity index (χ2n) is 8.13. The summed E-state index contributed by atoms with van der Waals surface area (Å²) in [6.45, 7) is 4.21. The van der Waals surface area contributed by atoms with Gasteiger partial charge < -0.3 is 14.5 Å². The molecule has 0 radical (unpaired) electrons. The van der Waals surface area contributed by atoms with Gasteiger partial charge in [-0.1, -0.05) is 6.07 Å². The minimum Gasteiger partial charge on any atom is -0.490 e. The van der Waals surface area contributed by atoms with E-state index < -0.39 is 0 Å². The maximum atomic E-state index is 12.8. The number of benzene rings is 1. The van der Waals surface area contributed by atoms with E-state index in [1.165, 1.54) is 10.4 Å². The van der Waals surface area contributed by atoms with Crippen molar-refractivity contribution >= 4 is 23.2 Å². The third kappa shape index (κ3) is 4.81. The highest BCUT2D eigenvalue weighted by atomic mass is 32.1. The van der Waals surface area contributed by atoms with Crippen LogP contribution in [0.25, 0.3) is 0 Å². The van der Waals surface area contributed by atoms with E-state index in [0.29, 0.717) is 18.0 Å². The van der Waals surface area contributed by atoms with Crippen molar-refractivity contribution in [3.05, 3.63) is 51.7 Å². The monoisotopic (exact) mass is 412 g/mol. The molecular weight excluding hydrogens is 384 g/mol. The first-order chi connectivity index (χ1) is 14.0. The zero-order chi connectivity index (χ0) is 20.4. The van der Waals surface area contributed by atoms with E-state index in [9.17, 15) is 9.59 Å². The van der Waals surface area contributed by atoms with Crippen molar-refractivity contribution in [3.8, 4) is 5.75 Å². The maximum absolute atomic E-state index is 12.8. The highest BCUT2D eigenvalue weighted by molar-refractivity contribution is 7.10. The predicted octanol–water partition coefficient (Wildman–Crippen LogP) is 4.11. The topological polar surface area (TPSA) is 49.9 Å². The molecule has 1 aromatic carbocycles. The van der Waals surface area contributed by atoms with Gasteiger partial charge in [0.2, 0.25) is 5.91 Å². The van der Waals surface area contributed by atoms with Gasteiger partial charge in [-0.15, -0.1) is 11.3 Å². The summed E-state index contributed by atoms with van der Waals surface area (Å²) in [5, 5.41) is 2.06. The number of piperidine rings is 1. The first-order valence-corrected chi connectivity index (χ1v) is 11.2. The van der Waals surface area contributed by atoms with Crippen molar-refractivity contribution in [2.24, 2.45) is 5.92 Å². The van der Waals surface area contributed by atoms with E-state index >= 15 is 0 Å². The Bertz CT molecular complexity index is 882. The van der Waals surface area contributed by atoms with Crippen LogP contribution in [0.4, 0.5) is 0 Å². The molecule has 4 rings (SSSR count). The second-order valence-corrected chi connectivity index (χ2v) is 9.13. The van der Waals surface area contributed by atoms with E-state index in [-0.39, 0.29) is 17.9 Å². The molecule has 5 nitrogen and oxygen atoms in total. The number of nitrogens with zero attached hydrogens (tertiary/aromatic N) is 2. The van der Waals surface area contributed by atoms with Crippen LogP contribution >= 0.6 is 11.3 Å². The highest BCUT2D eigenvalue weighted by Gasteiger charge is 2.35. The Morgan fingerprint density at radius 2 is 1.93 bits per heavy atom. The molecule has 2 fully saturated rings. The van der Waals surface area contributed by atoms with E-state index in [0.717, 1.165) is 44.5 Å². The van der Waals surface area contributed by atoms with Crippen molar-refractivity contribution in [2.75, 3.05) is 20.1 Å². The van der Waals surface area contributed by atoms with Crippen LogP contribution in [0.15, 0.2) is 35.7 Å². The van der Waals surface area contributed by atoms with Gasteiger partial charge in [0.25, 0.3) is 5.91 Å². The third-order valence-electron chi connectivity index (χ3n) is 5.76. The van der Waals surface area contributed by atoms with Gasteiger partial charge in [-0.3, -0.25) is 9.59 Å². The lowest BCUT2D eigenvalue weighted by Gasteiger charge is -2.32. The summed E-state index contributed by atoms with van der Waals surface area (Å²) in [6, 6.07) is 9.53. The Morgan fingerprint density at radius 1 is 1.17 bits per heavy atom. The molecule has 0 unspecified atom stereocenters. The Hall–Kier alpha value is -2.34. The first-order valence-electron chi connectivity index (χ1n) is 10.3. The lowest BCUT2D eigenvalue weighted by Crippen LogP contribution is -2.42. The highest BCUT2D eigenvalue weighted by Crippen LogP contribution is 2.32. The fourth-order valence-electron chi connectivity index (χ4n) is 3.75. The quantitative estimate of drug-likeness (QED) is 0.717. The number of hydrogen-bond acceptors (Lipinski definition) is 4. The minimum atomic E-state index is -0.00639. The number of thiophene rings is 1. The number of aryl methyl sites for hydroxylation is 1. The molecule has 2 heterocycles. The van der Waals surface area contributed by atoms with Crippen molar-refractivity contribution in [1.29, 1.82) is 0 Å².